The molecule has 8 heteroatoms. The molecule has 0 aliphatic rings. The second-order valence-corrected chi connectivity index (χ2v) is 8.16. The molecule has 0 saturated carbocycles. The molecule has 1 heterocycles. The SMILES string of the molecule is COc1ccc(CCNC(=O)/C(C#N)=C/c2c(C)nn(Cc3ccc(C)cc3)c2Cl)cc1OC. The van der Waals surface area contributed by atoms with E-state index in [0.29, 0.717) is 47.4 Å². The van der Waals surface area contributed by atoms with Crippen LogP contribution in [0.25, 0.3) is 6.08 Å². The van der Waals surface area contributed by atoms with Crippen LogP contribution in [0.4, 0.5) is 0 Å². The van der Waals surface area contributed by atoms with E-state index >= 15 is 0 Å². The maximum Gasteiger partial charge on any atom is 0.261 e. The van der Waals surface area contributed by atoms with Crippen molar-refractivity contribution in [1.29, 1.82) is 5.26 Å². The van der Waals surface area contributed by atoms with Crippen molar-refractivity contribution in [2.45, 2.75) is 26.8 Å². The van der Waals surface area contributed by atoms with Crippen molar-refractivity contribution >= 4 is 23.6 Å². The van der Waals surface area contributed by atoms with Crippen molar-refractivity contribution in [2.75, 3.05) is 20.8 Å². The van der Waals surface area contributed by atoms with Gasteiger partial charge in [-0.15, -0.1) is 0 Å². The van der Waals surface area contributed by atoms with Crippen LogP contribution in [0.2, 0.25) is 5.15 Å². The van der Waals surface area contributed by atoms with Crippen LogP contribution in [0.5, 0.6) is 11.5 Å². The Hall–Kier alpha value is -3.76. The van der Waals surface area contributed by atoms with E-state index in [1.54, 1.807) is 25.8 Å². The molecule has 3 rings (SSSR count). The van der Waals surface area contributed by atoms with Gasteiger partial charge in [-0.05, 0) is 49.6 Å². The van der Waals surface area contributed by atoms with Gasteiger partial charge in [-0.1, -0.05) is 47.5 Å². The van der Waals surface area contributed by atoms with Crippen molar-refractivity contribution < 1.29 is 14.3 Å². The van der Waals surface area contributed by atoms with Gasteiger partial charge in [0.25, 0.3) is 5.91 Å². The number of aryl methyl sites for hydroxylation is 2. The van der Waals surface area contributed by atoms with Crippen molar-refractivity contribution in [1.82, 2.24) is 15.1 Å². The summed E-state index contributed by atoms with van der Waals surface area (Å²) in [6, 6.07) is 15.6. The fourth-order valence-electron chi connectivity index (χ4n) is 3.45. The molecule has 176 valence electrons. The van der Waals surface area contributed by atoms with E-state index in [1.807, 2.05) is 55.5 Å². The molecule has 0 unspecified atom stereocenters. The topological polar surface area (TPSA) is 89.2 Å². The fourth-order valence-corrected chi connectivity index (χ4v) is 3.74. The number of amides is 1. The van der Waals surface area contributed by atoms with Gasteiger partial charge < -0.3 is 14.8 Å². The largest absolute Gasteiger partial charge is 0.493 e. The first-order valence-corrected chi connectivity index (χ1v) is 11.1. The van der Waals surface area contributed by atoms with Crippen LogP contribution in [-0.4, -0.2) is 36.5 Å². The number of hydrogen-bond acceptors (Lipinski definition) is 5. The fraction of sp³-hybridized carbons (Fsp3) is 0.269. The highest BCUT2D eigenvalue weighted by atomic mass is 35.5. The lowest BCUT2D eigenvalue weighted by Crippen LogP contribution is -2.26. The minimum atomic E-state index is -0.468. The van der Waals surface area contributed by atoms with Crippen LogP contribution >= 0.6 is 11.6 Å². The van der Waals surface area contributed by atoms with Gasteiger partial charge in [0.15, 0.2) is 11.5 Å². The van der Waals surface area contributed by atoms with Gasteiger partial charge in [-0.25, -0.2) is 4.68 Å². The normalized spacial score (nSPS) is 11.1. The molecule has 0 radical (unpaired) electrons. The molecule has 1 N–H and O–H groups in total. The highest BCUT2D eigenvalue weighted by Gasteiger charge is 2.16. The van der Waals surface area contributed by atoms with E-state index in [4.69, 9.17) is 21.1 Å². The summed E-state index contributed by atoms with van der Waals surface area (Å²) in [5.74, 6) is 0.793. The number of benzene rings is 2. The van der Waals surface area contributed by atoms with Gasteiger partial charge in [0.05, 0.1) is 26.5 Å². The first kappa shape index (κ1) is 24.9. The Bertz CT molecular complexity index is 1240. The summed E-state index contributed by atoms with van der Waals surface area (Å²) in [6.45, 7) is 4.67. The van der Waals surface area contributed by atoms with Gasteiger partial charge in [0.2, 0.25) is 0 Å². The lowest BCUT2D eigenvalue weighted by molar-refractivity contribution is -0.117. The molecule has 0 bridgehead atoms. The smallest absolute Gasteiger partial charge is 0.261 e. The molecule has 1 amide bonds. The maximum absolute atomic E-state index is 12.6. The average Bonchev–Trinajstić information content (AvgIpc) is 3.10. The zero-order chi connectivity index (χ0) is 24.7. The highest BCUT2D eigenvalue weighted by molar-refractivity contribution is 6.31. The second kappa shape index (κ2) is 11.4. The summed E-state index contributed by atoms with van der Waals surface area (Å²) in [4.78, 5) is 12.6. The van der Waals surface area contributed by atoms with Crippen molar-refractivity contribution in [3.05, 3.63) is 81.1 Å². The summed E-state index contributed by atoms with van der Waals surface area (Å²) in [6.07, 6.45) is 2.06. The standard InChI is InChI=1S/C26H27ClN4O3/c1-17-5-7-20(8-6-17)16-31-25(27)22(18(2)30-31)14-21(15-28)26(32)29-12-11-19-9-10-23(33-3)24(13-19)34-4/h5-10,13-14H,11-12,16H2,1-4H3,(H,29,32)/b21-14+. The predicted molar refractivity (Wildman–Crippen MR) is 132 cm³/mol. The number of rotatable bonds is 9. The van der Waals surface area contributed by atoms with Gasteiger partial charge in [-0.3, -0.25) is 4.79 Å². The Morgan fingerprint density at radius 2 is 1.79 bits per heavy atom. The molecule has 3 aromatic rings. The van der Waals surface area contributed by atoms with Crippen LogP contribution in [0, 0.1) is 25.2 Å². The molecular weight excluding hydrogens is 452 g/mol. The van der Waals surface area contributed by atoms with Crippen molar-refractivity contribution in [3.8, 4) is 17.6 Å². The monoisotopic (exact) mass is 478 g/mol. The summed E-state index contributed by atoms with van der Waals surface area (Å²) in [5.41, 5.74) is 4.36. The van der Waals surface area contributed by atoms with Crippen LogP contribution in [0.15, 0.2) is 48.0 Å². The number of hydrogen-bond donors (Lipinski definition) is 1. The maximum atomic E-state index is 12.6. The molecule has 34 heavy (non-hydrogen) atoms. The zero-order valence-electron chi connectivity index (χ0n) is 19.7. The van der Waals surface area contributed by atoms with Gasteiger partial charge in [0.1, 0.15) is 16.8 Å². The number of halogens is 1. The quantitative estimate of drug-likeness (QED) is 0.361. The van der Waals surface area contributed by atoms with E-state index in [1.165, 1.54) is 11.6 Å². The lowest BCUT2D eigenvalue weighted by atomic mass is 10.1. The predicted octanol–water partition coefficient (Wildman–Crippen LogP) is 4.48. The van der Waals surface area contributed by atoms with E-state index in [9.17, 15) is 10.1 Å². The first-order chi connectivity index (χ1) is 16.4. The number of nitrogens with one attached hydrogen (secondary N) is 1. The molecular formula is C26H27ClN4O3. The molecule has 0 fully saturated rings. The molecule has 0 saturated heterocycles. The van der Waals surface area contributed by atoms with Crippen LogP contribution in [0.3, 0.4) is 0 Å². The average molecular weight is 479 g/mol. The summed E-state index contributed by atoms with van der Waals surface area (Å²) >= 11 is 6.55. The minimum Gasteiger partial charge on any atom is -0.493 e. The number of methoxy groups -OCH3 is 2. The Labute approximate surface area is 204 Å². The van der Waals surface area contributed by atoms with E-state index in [0.717, 1.165) is 11.1 Å². The number of aromatic nitrogens is 2. The third kappa shape index (κ3) is 5.97. The highest BCUT2D eigenvalue weighted by Crippen LogP contribution is 2.27. The van der Waals surface area contributed by atoms with Crippen LogP contribution in [0.1, 0.15) is 27.9 Å². The molecule has 7 nitrogen and oxygen atoms in total. The number of carbonyl (C=O) groups excluding carboxylic acids is 1. The minimum absolute atomic E-state index is 0.0350. The van der Waals surface area contributed by atoms with Crippen LogP contribution < -0.4 is 14.8 Å². The van der Waals surface area contributed by atoms with Crippen LogP contribution in [-0.2, 0) is 17.8 Å². The Kier molecular flexibility index (Phi) is 8.34. The van der Waals surface area contributed by atoms with Crippen molar-refractivity contribution in [2.24, 2.45) is 0 Å². The Morgan fingerprint density at radius 1 is 1.12 bits per heavy atom. The molecule has 0 aliphatic heterocycles. The van der Waals surface area contributed by atoms with Gasteiger partial charge in [0, 0.05) is 12.1 Å². The number of nitriles is 1. The molecule has 0 aliphatic carbocycles. The number of ether oxygens (including phenoxy) is 2. The molecule has 2 aromatic carbocycles. The zero-order valence-corrected chi connectivity index (χ0v) is 20.4. The van der Waals surface area contributed by atoms with Gasteiger partial charge in [-0.2, -0.15) is 10.4 Å². The van der Waals surface area contributed by atoms with Crippen molar-refractivity contribution in [3.63, 3.8) is 0 Å². The van der Waals surface area contributed by atoms with E-state index < -0.39 is 5.91 Å². The second-order valence-electron chi connectivity index (χ2n) is 7.80. The third-order valence-electron chi connectivity index (χ3n) is 5.36. The Morgan fingerprint density at radius 3 is 2.44 bits per heavy atom. The first-order valence-electron chi connectivity index (χ1n) is 10.8. The Balaban J connectivity index is 1.68. The molecule has 0 spiro atoms. The number of nitrogens with zero attached hydrogens (tertiary/aromatic N) is 3. The lowest BCUT2D eigenvalue weighted by Gasteiger charge is -2.10. The molecule has 1 aromatic heterocycles. The van der Waals surface area contributed by atoms with E-state index in [-0.39, 0.29) is 5.57 Å². The third-order valence-corrected chi connectivity index (χ3v) is 5.76. The number of carbonyl (C=O) groups is 1. The summed E-state index contributed by atoms with van der Waals surface area (Å²) in [5, 5.41) is 17.2. The van der Waals surface area contributed by atoms with E-state index in [2.05, 4.69) is 10.4 Å². The van der Waals surface area contributed by atoms with Gasteiger partial charge >= 0.3 is 0 Å². The summed E-state index contributed by atoms with van der Waals surface area (Å²) < 4.78 is 12.2. The summed E-state index contributed by atoms with van der Waals surface area (Å²) in [7, 11) is 3.15. The molecule has 0 atom stereocenters.